The summed E-state index contributed by atoms with van der Waals surface area (Å²) in [5, 5.41) is 0. The van der Waals surface area contributed by atoms with Gasteiger partial charge < -0.3 is 9.80 Å². The molecule has 0 spiro atoms. The number of aryl methyl sites for hydroxylation is 1. The predicted octanol–water partition coefficient (Wildman–Crippen LogP) is 2.50. The molecule has 5 nitrogen and oxygen atoms in total. The van der Waals surface area contributed by atoms with Crippen LogP contribution < -0.4 is 4.90 Å². The van der Waals surface area contributed by atoms with Gasteiger partial charge in [0, 0.05) is 49.8 Å². The van der Waals surface area contributed by atoms with Crippen molar-refractivity contribution in [2.75, 3.05) is 31.1 Å². The summed E-state index contributed by atoms with van der Waals surface area (Å²) in [7, 11) is 0. The first kappa shape index (κ1) is 14.9. The summed E-state index contributed by atoms with van der Waals surface area (Å²) < 4.78 is 0. The van der Waals surface area contributed by atoms with Gasteiger partial charge in [0.25, 0.3) is 0 Å². The molecule has 1 aliphatic heterocycles. The van der Waals surface area contributed by atoms with Gasteiger partial charge in [-0.05, 0) is 39.0 Å². The fourth-order valence-corrected chi connectivity index (χ4v) is 3.54. The molecule has 0 bridgehead atoms. The fourth-order valence-electron chi connectivity index (χ4n) is 3.54. The molecule has 2 aliphatic carbocycles. The molecule has 1 amide bonds. The number of hydrogen-bond acceptors (Lipinski definition) is 4. The van der Waals surface area contributed by atoms with Crippen molar-refractivity contribution in [2.24, 2.45) is 5.92 Å². The van der Waals surface area contributed by atoms with Crippen LogP contribution in [0.4, 0.5) is 5.82 Å². The molecule has 0 aromatic carbocycles. The largest absolute Gasteiger partial charge is 0.355 e. The summed E-state index contributed by atoms with van der Waals surface area (Å²) in [6.07, 6.45) is 6.89. The molecule has 0 unspecified atom stereocenters. The number of amides is 1. The number of rotatable bonds is 3. The molecule has 0 N–H and O–H groups in total. The highest BCUT2D eigenvalue weighted by molar-refractivity contribution is 5.79. The van der Waals surface area contributed by atoms with Crippen LogP contribution in [0.3, 0.4) is 0 Å². The van der Waals surface area contributed by atoms with Gasteiger partial charge in [0.2, 0.25) is 5.91 Å². The van der Waals surface area contributed by atoms with Gasteiger partial charge in [-0.3, -0.25) is 4.79 Å². The molecule has 1 saturated heterocycles. The lowest BCUT2D eigenvalue weighted by Gasteiger charge is -2.31. The quantitative estimate of drug-likeness (QED) is 0.860. The number of carbonyl (C=O) groups is 1. The van der Waals surface area contributed by atoms with Gasteiger partial charge in [-0.2, -0.15) is 0 Å². The van der Waals surface area contributed by atoms with Crippen LogP contribution in [-0.4, -0.2) is 47.0 Å². The second-order valence-electron chi connectivity index (χ2n) is 7.29. The Balaban J connectivity index is 1.45. The highest BCUT2D eigenvalue weighted by atomic mass is 16.2. The number of hydrogen-bond donors (Lipinski definition) is 0. The van der Waals surface area contributed by atoms with Crippen LogP contribution in [0.15, 0.2) is 6.07 Å². The minimum Gasteiger partial charge on any atom is -0.355 e. The third kappa shape index (κ3) is 3.19. The zero-order chi connectivity index (χ0) is 15.8. The van der Waals surface area contributed by atoms with Crippen molar-refractivity contribution < 1.29 is 4.79 Å². The molecule has 4 rings (SSSR count). The van der Waals surface area contributed by atoms with Gasteiger partial charge in [-0.1, -0.05) is 6.42 Å². The first-order chi connectivity index (χ1) is 11.2. The molecule has 3 fully saturated rings. The van der Waals surface area contributed by atoms with Crippen molar-refractivity contribution in [3.63, 3.8) is 0 Å². The third-order valence-electron chi connectivity index (χ3n) is 5.39. The van der Waals surface area contributed by atoms with Crippen molar-refractivity contribution in [2.45, 2.75) is 51.4 Å². The molecule has 0 radical (unpaired) electrons. The van der Waals surface area contributed by atoms with Crippen molar-refractivity contribution in [3.8, 4) is 0 Å². The van der Waals surface area contributed by atoms with Crippen LogP contribution in [-0.2, 0) is 4.79 Å². The second kappa shape index (κ2) is 6.10. The zero-order valence-corrected chi connectivity index (χ0v) is 14.0. The molecule has 1 aromatic heterocycles. The van der Waals surface area contributed by atoms with Crippen LogP contribution >= 0.6 is 0 Å². The van der Waals surface area contributed by atoms with E-state index < -0.39 is 0 Å². The Morgan fingerprint density at radius 1 is 1.04 bits per heavy atom. The molecular formula is C18H26N4O. The molecule has 0 atom stereocenters. The maximum atomic E-state index is 12.5. The topological polar surface area (TPSA) is 49.3 Å². The van der Waals surface area contributed by atoms with Crippen LogP contribution in [0, 0.1) is 12.8 Å². The third-order valence-corrected chi connectivity index (χ3v) is 5.39. The highest BCUT2D eigenvalue weighted by Crippen LogP contribution is 2.38. The van der Waals surface area contributed by atoms with Crippen LogP contribution in [0.25, 0.3) is 0 Å². The lowest BCUT2D eigenvalue weighted by atomic mass is 9.84. The normalized spacial score (nSPS) is 22.7. The maximum Gasteiger partial charge on any atom is 0.225 e. The summed E-state index contributed by atoms with van der Waals surface area (Å²) in [6.45, 7) is 5.65. The number of aromatic nitrogens is 2. The van der Waals surface area contributed by atoms with Gasteiger partial charge in [-0.15, -0.1) is 0 Å². The lowest BCUT2D eigenvalue weighted by Crippen LogP contribution is -2.41. The van der Waals surface area contributed by atoms with E-state index in [-0.39, 0.29) is 0 Å². The number of anilines is 1. The SMILES string of the molecule is Cc1cc(N2CCCN(C(=O)C3CCC3)CC2)nc(C2CC2)n1. The Labute approximate surface area is 138 Å². The molecule has 2 heterocycles. The standard InChI is InChI=1S/C18H26N4O/c1-13-12-16(20-17(19-13)14-6-7-14)21-8-3-9-22(11-10-21)18(23)15-4-2-5-15/h12,14-15H,2-11H2,1H3. The van der Waals surface area contributed by atoms with E-state index in [4.69, 9.17) is 4.98 Å². The highest BCUT2D eigenvalue weighted by Gasteiger charge is 2.31. The van der Waals surface area contributed by atoms with Gasteiger partial charge in [0.15, 0.2) is 0 Å². The van der Waals surface area contributed by atoms with Crippen molar-refractivity contribution in [3.05, 3.63) is 17.6 Å². The first-order valence-electron chi connectivity index (χ1n) is 9.10. The second-order valence-corrected chi connectivity index (χ2v) is 7.29. The van der Waals surface area contributed by atoms with Gasteiger partial charge >= 0.3 is 0 Å². The van der Waals surface area contributed by atoms with E-state index in [1.807, 2.05) is 0 Å². The molecular weight excluding hydrogens is 288 g/mol. The average molecular weight is 314 g/mol. The Hall–Kier alpha value is -1.65. The molecule has 23 heavy (non-hydrogen) atoms. The Morgan fingerprint density at radius 2 is 1.87 bits per heavy atom. The summed E-state index contributed by atoms with van der Waals surface area (Å²) in [4.78, 5) is 26.3. The summed E-state index contributed by atoms with van der Waals surface area (Å²) in [5.74, 6) is 3.35. The fraction of sp³-hybridized carbons (Fsp3) is 0.722. The Kier molecular flexibility index (Phi) is 3.95. The van der Waals surface area contributed by atoms with Gasteiger partial charge in [0.05, 0.1) is 0 Å². The molecule has 1 aromatic rings. The number of nitrogens with zero attached hydrogens (tertiary/aromatic N) is 4. The molecule has 5 heteroatoms. The van der Waals surface area contributed by atoms with Gasteiger partial charge in [0.1, 0.15) is 11.6 Å². The average Bonchev–Trinajstić information content (AvgIpc) is 3.31. The minimum atomic E-state index is 0.310. The summed E-state index contributed by atoms with van der Waals surface area (Å²) in [5.41, 5.74) is 1.06. The van der Waals surface area contributed by atoms with Crippen LogP contribution in [0.1, 0.15) is 56.0 Å². The van der Waals surface area contributed by atoms with Crippen LogP contribution in [0.2, 0.25) is 0 Å². The Bertz CT molecular complexity index is 595. The van der Waals surface area contributed by atoms with E-state index in [1.165, 1.54) is 19.3 Å². The minimum absolute atomic E-state index is 0.310. The predicted molar refractivity (Wildman–Crippen MR) is 89.5 cm³/mol. The van der Waals surface area contributed by atoms with Crippen molar-refractivity contribution in [1.29, 1.82) is 0 Å². The number of carbonyl (C=O) groups excluding carboxylic acids is 1. The maximum absolute atomic E-state index is 12.5. The van der Waals surface area contributed by atoms with E-state index in [0.717, 1.165) is 62.8 Å². The summed E-state index contributed by atoms with van der Waals surface area (Å²) in [6, 6.07) is 2.09. The van der Waals surface area contributed by atoms with E-state index in [2.05, 4.69) is 27.8 Å². The zero-order valence-electron chi connectivity index (χ0n) is 14.0. The monoisotopic (exact) mass is 314 g/mol. The van der Waals surface area contributed by atoms with Gasteiger partial charge in [-0.25, -0.2) is 9.97 Å². The molecule has 2 saturated carbocycles. The molecule has 3 aliphatic rings. The van der Waals surface area contributed by atoms with Crippen molar-refractivity contribution >= 4 is 11.7 Å². The van der Waals surface area contributed by atoms with E-state index in [0.29, 0.717) is 17.7 Å². The van der Waals surface area contributed by atoms with E-state index in [9.17, 15) is 4.79 Å². The van der Waals surface area contributed by atoms with E-state index >= 15 is 0 Å². The van der Waals surface area contributed by atoms with Crippen molar-refractivity contribution in [1.82, 2.24) is 14.9 Å². The smallest absolute Gasteiger partial charge is 0.225 e. The van der Waals surface area contributed by atoms with E-state index in [1.54, 1.807) is 0 Å². The Morgan fingerprint density at radius 3 is 2.57 bits per heavy atom. The van der Waals surface area contributed by atoms with Crippen LogP contribution in [0.5, 0.6) is 0 Å². The molecule has 124 valence electrons. The lowest BCUT2D eigenvalue weighted by molar-refractivity contribution is -0.137. The first-order valence-corrected chi connectivity index (χ1v) is 9.10. The summed E-state index contributed by atoms with van der Waals surface area (Å²) >= 11 is 0.